The topological polar surface area (TPSA) is 57.6 Å². The normalized spacial score (nSPS) is 27.2. The average molecular weight is 189 g/mol. The van der Waals surface area contributed by atoms with Crippen molar-refractivity contribution in [1.82, 2.24) is 4.90 Å². The molecule has 1 heterocycles. The Kier molecular flexibility index (Phi) is 2.32. The van der Waals surface area contributed by atoms with E-state index in [2.05, 4.69) is 0 Å². The van der Waals surface area contributed by atoms with Crippen LogP contribution in [0.4, 0.5) is 4.79 Å². The van der Waals surface area contributed by atoms with E-state index in [-0.39, 0.29) is 0 Å². The van der Waals surface area contributed by atoms with Gasteiger partial charge < -0.3 is 9.90 Å². The highest BCUT2D eigenvalue weighted by Gasteiger charge is 2.43. The van der Waals surface area contributed by atoms with Crippen LogP contribution >= 0.6 is 11.8 Å². The van der Waals surface area contributed by atoms with Gasteiger partial charge in [0, 0.05) is 5.75 Å². The standard InChI is InChI=1S/C7H11NO3S/c1-7(2)8(6(10)11)5(3-9)4-12-7/h3,5H,4H2,1-2H3,(H,10,11). The molecule has 0 aromatic rings. The number of rotatable bonds is 1. The zero-order valence-corrected chi connectivity index (χ0v) is 7.80. The summed E-state index contributed by atoms with van der Waals surface area (Å²) >= 11 is 1.48. The van der Waals surface area contributed by atoms with Crippen LogP contribution in [0.2, 0.25) is 0 Å². The van der Waals surface area contributed by atoms with Crippen LogP contribution in [-0.2, 0) is 4.79 Å². The van der Waals surface area contributed by atoms with Crippen LogP contribution in [-0.4, -0.2) is 39.1 Å². The molecule has 1 amide bonds. The van der Waals surface area contributed by atoms with Crippen molar-refractivity contribution in [3.05, 3.63) is 0 Å². The fourth-order valence-electron chi connectivity index (χ4n) is 1.31. The predicted molar refractivity (Wildman–Crippen MR) is 46.3 cm³/mol. The lowest BCUT2D eigenvalue weighted by Crippen LogP contribution is -2.46. The monoisotopic (exact) mass is 189 g/mol. The Bertz CT molecular complexity index is 217. The lowest BCUT2D eigenvalue weighted by molar-refractivity contribution is -0.111. The molecule has 5 heteroatoms. The summed E-state index contributed by atoms with van der Waals surface area (Å²) in [6, 6.07) is -0.484. The molecule has 1 N–H and O–H groups in total. The molecule has 1 saturated heterocycles. The van der Waals surface area contributed by atoms with Crippen LogP contribution in [0, 0.1) is 0 Å². The lowest BCUT2D eigenvalue weighted by Gasteiger charge is -2.29. The van der Waals surface area contributed by atoms with Gasteiger partial charge in [0.1, 0.15) is 12.3 Å². The maximum atomic E-state index is 10.7. The number of hydrogen-bond donors (Lipinski definition) is 1. The molecule has 1 rings (SSSR count). The summed E-state index contributed by atoms with van der Waals surface area (Å²) in [6.07, 6.45) is -0.335. The fraction of sp³-hybridized carbons (Fsp3) is 0.714. The molecule has 68 valence electrons. The Morgan fingerprint density at radius 3 is 2.67 bits per heavy atom. The van der Waals surface area contributed by atoms with Crippen LogP contribution in [0.1, 0.15) is 13.8 Å². The Balaban J connectivity index is 2.87. The summed E-state index contributed by atoms with van der Waals surface area (Å²) in [4.78, 5) is 22.0. The molecule has 0 spiro atoms. The summed E-state index contributed by atoms with van der Waals surface area (Å²) in [5.41, 5.74) is 0. The van der Waals surface area contributed by atoms with E-state index in [1.807, 2.05) is 0 Å². The first kappa shape index (κ1) is 9.38. The third kappa shape index (κ3) is 1.41. The van der Waals surface area contributed by atoms with Gasteiger partial charge in [0.15, 0.2) is 0 Å². The molecule has 0 aromatic carbocycles. The van der Waals surface area contributed by atoms with Crippen molar-refractivity contribution in [1.29, 1.82) is 0 Å². The number of hydrogen-bond acceptors (Lipinski definition) is 3. The molecule has 0 saturated carbocycles. The largest absolute Gasteiger partial charge is 0.465 e. The van der Waals surface area contributed by atoms with Crippen LogP contribution in [0.3, 0.4) is 0 Å². The second-order valence-electron chi connectivity index (χ2n) is 3.11. The van der Waals surface area contributed by atoms with Crippen LogP contribution in [0.25, 0.3) is 0 Å². The predicted octanol–water partition coefficient (Wildman–Crippen LogP) is 1.02. The molecular weight excluding hydrogens is 178 g/mol. The number of aldehydes is 1. The van der Waals surface area contributed by atoms with E-state index in [1.165, 1.54) is 16.7 Å². The summed E-state index contributed by atoms with van der Waals surface area (Å²) in [7, 11) is 0. The van der Waals surface area contributed by atoms with Gasteiger partial charge in [-0.15, -0.1) is 11.8 Å². The van der Waals surface area contributed by atoms with E-state index in [0.717, 1.165) is 0 Å². The van der Waals surface area contributed by atoms with Gasteiger partial charge in [-0.2, -0.15) is 0 Å². The summed E-state index contributed by atoms with van der Waals surface area (Å²) in [6.45, 7) is 3.60. The van der Waals surface area contributed by atoms with E-state index in [4.69, 9.17) is 5.11 Å². The first-order valence-corrected chi connectivity index (χ1v) is 4.59. The third-order valence-corrected chi connectivity index (χ3v) is 3.29. The minimum atomic E-state index is -1.03. The van der Waals surface area contributed by atoms with Crippen LogP contribution < -0.4 is 0 Å². The van der Waals surface area contributed by atoms with Crippen molar-refractivity contribution in [3.63, 3.8) is 0 Å². The van der Waals surface area contributed by atoms with E-state index in [0.29, 0.717) is 12.0 Å². The highest BCUT2D eigenvalue weighted by atomic mass is 32.2. The Hall–Kier alpha value is -0.710. The van der Waals surface area contributed by atoms with Crippen molar-refractivity contribution in [2.75, 3.05) is 5.75 Å². The zero-order chi connectivity index (χ0) is 9.35. The highest BCUT2D eigenvalue weighted by Crippen LogP contribution is 2.37. The number of carbonyl (C=O) groups is 2. The second kappa shape index (κ2) is 2.97. The molecule has 1 fully saturated rings. The molecule has 12 heavy (non-hydrogen) atoms. The van der Waals surface area contributed by atoms with Gasteiger partial charge in [-0.1, -0.05) is 0 Å². The first-order chi connectivity index (χ1) is 5.49. The van der Waals surface area contributed by atoms with E-state index in [1.54, 1.807) is 13.8 Å². The zero-order valence-electron chi connectivity index (χ0n) is 6.98. The molecule has 1 atom stereocenters. The summed E-state index contributed by atoms with van der Waals surface area (Å²) in [5, 5.41) is 8.80. The van der Waals surface area contributed by atoms with Crippen LogP contribution in [0.15, 0.2) is 0 Å². The van der Waals surface area contributed by atoms with E-state index < -0.39 is 17.0 Å². The van der Waals surface area contributed by atoms with Gasteiger partial charge in [-0.25, -0.2) is 4.79 Å². The molecule has 0 radical (unpaired) electrons. The molecule has 0 aliphatic carbocycles. The van der Waals surface area contributed by atoms with Gasteiger partial charge in [-0.05, 0) is 13.8 Å². The second-order valence-corrected chi connectivity index (χ2v) is 4.73. The average Bonchev–Trinajstić information content (AvgIpc) is 2.24. The van der Waals surface area contributed by atoms with Gasteiger partial charge in [0.05, 0.1) is 4.87 Å². The van der Waals surface area contributed by atoms with E-state index >= 15 is 0 Å². The maximum absolute atomic E-state index is 10.7. The number of nitrogens with zero attached hydrogens (tertiary/aromatic N) is 1. The molecule has 0 aromatic heterocycles. The summed E-state index contributed by atoms with van der Waals surface area (Å²) < 4.78 is 0. The van der Waals surface area contributed by atoms with Crippen molar-refractivity contribution in [3.8, 4) is 0 Å². The lowest BCUT2D eigenvalue weighted by atomic mass is 10.2. The minimum absolute atomic E-state index is 0.475. The summed E-state index contributed by atoms with van der Waals surface area (Å²) in [5.74, 6) is 0.558. The molecule has 1 unspecified atom stereocenters. The Morgan fingerprint density at radius 2 is 2.33 bits per heavy atom. The Labute approximate surface area is 74.9 Å². The molecular formula is C7H11NO3S. The van der Waals surface area contributed by atoms with Gasteiger partial charge in [0.25, 0.3) is 0 Å². The van der Waals surface area contributed by atoms with Crippen molar-refractivity contribution < 1.29 is 14.7 Å². The van der Waals surface area contributed by atoms with Gasteiger partial charge in [-0.3, -0.25) is 4.90 Å². The quantitative estimate of drug-likeness (QED) is 0.625. The number of amides is 1. The molecule has 1 aliphatic heterocycles. The number of thioether (sulfide) groups is 1. The maximum Gasteiger partial charge on any atom is 0.409 e. The number of carbonyl (C=O) groups excluding carboxylic acids is 1. The highest BCUT2D eigenvalue weighted by molar-refractivity contribution is 8.00. The van der Waals surface area contributed by atoms with Crippen molar-refractivity contribution in [2.45, 2.75) is 24.8 Å². The SMILES string of the molecule is CC1(C)SCC(C=O)N1C(=O)O. The van der Waals surface area contributed by atoms with Gasteiger partial charge >= 0.3 is 6.09 Å². The van der Waals surface area contributed by atoms with Crippen LogP contribution in [0.5, 0.6) is 0 Å². The first-order valence-electron chi connectivity index (χ1n) is 3.60. The van der Waals surface area contributed by atoms with Crippen molar-refractivity contribution in [2.24, 2.45) is 0 Å². The molecule has 1 aliphatic rings. The number of carboxylic acid groups (broad SMARTS) is 1. The van der Waals surface area contributed by atoms with Crippen molar-refractivity contribution >= 4 is 24.1 Å². The third-order valence-electron chi connectivity index (χ3n) is 1.88. The minimum Gasteiger partial charge on any atom is -0.465 e. The fourth-order valence-corrected chi connectivity index (χ4v) is 2.46. The van der Waals surface area contributed by atoms with E-state index in [9.17, 15) is 9.59 Å². The molecule has 4 nitrogen and oxygen atoms in total. The molecule has 0 bridgehead atoms. The smallest absolute Gasteiger partial charge is 0.409 e. The Morgan fingerprint density at radius 1 is 1.75 bits per heavy atom. The van der Waals surface area contributed by atoms with Gasteiger partial charge in [0.2, 0.25) is 0 Å².